The Morgan fingerprint density at radius 1 is 0.967 bits per heavy atom. The van der Waals surface area contributed by atoms with Gasteiger partial charge in [0.2, 0.25) is 11.8 Å². The molecule has 0 unspecified atom stereocenters. The van der Waals surface area contributed by atoms with Gasteiger partial charge in [-0.05, 0) is 95.3 Å². The fraction of sp³-hybridized carbons (Fsp3) is 0.455. The van der Waals surface area contributed by atoms with E-state index >= 15 is 8.78 Å². The number of nitrogens with zero attached hydrogens (tertiary/aromatic N) is 8. The van der Waals surface area contributed by atoms with Crippen LogP contribution < -0.4 is 15.5 Å². The van der Waals surface area contributed by atoms with Crippen LogP contribution in [0.15, 0.2) is 54.9 Å². The van der Waals surface area contributed by atoms with Crippen molar-refractivity contribution >= 4 is 45.5 Å². The number of piperidine rings is 1. The summed E-state index contributed by atoms with van der Waals surface area (Å²) in [4.78, 5) is 44.5. The molecule has 4 aliphatic rings. The predicted molar refractivity (Wildman–Crippen MR) is 219 cm³/mol. The lowest BCUT2D eigenvalue weighted by Crippen LogP contribution is -2.65. The number of halogens is 2. The molecule has 2 aromatic carbocycles. The van der Waals surface area contributed by atoms with Crippen LogP contribution in [-0.2, 0) is 15.2 Å². The molecule has 0 bridgehead atoms. The molecule has 9 rings (SSSR count). The molecule has 0 spiro atoms. The van der Waals surface area contributed by atoms with Crippen LogP contribution in [0.4, 0.5) is 20.2 Å². The first-order chi connectivity index (χ1) is 28.7. The van der Waals surface area contributed by atoms with Gasteiger partial charge in [0.1, 0.15) is 23.4 Å². The van der Waals surface area contributed by atoms with Crippen LogP contribution in [0.3, 0.4) is 0 Å². The van der Waals surface area contributed by atoms with E-state index in [4.69, 9.17) is 5.10 Å². The van der Waals surface area contributed by atoms with E-state index in [-0.39, 0.29) is 30.5 Å². The number of amides is 3. The van der Waals surface area contributed by atoms with Crippen molar-refractivity contribution in [3.05, 3.63) is 88.9 Å². The van der Waals surface area contributed by atoms with Crippen LogP contribution in [0.5, 0.6) is 0 Å². The van der Waals surface area contributed by atoms with Crippen LogP contribution in [0.1, 0.15) is 98.4 Å². The molecular formula is C44H48F2N10O4. The Morgan fingerprint density at radius 2 is 1.70 bits per heavy atom. The summed E-state index contributed by atoms with van der Waals surface area (Å²) < 4.78 is 33.9. The molecular weight excluding hydrogens is 771 g/mol. The lowest BCUT2D eigenvalue weighted by Gasteiger charge is -2.52. The molecule has 60 heavy (non-hydrogen) atoms. The second kappa shape index (κ2) is 15.4. The molecule has 3 saturated heterocycles. The number of imide groups is 1. The van der Waals surface area contributed by atoms with Gasteiger partial charge in [-0.25, -0.2) is 13.3 Å². The largest absolute Gasteiger partial charge is 0.386 e. The molecule has 1 saturated carbocycles. The SMILES string of the molecule is C[C@@H]1CN(C2CN(c3cc(F)c([C@H]4CCC(=O)NC4=O)c(F)c3)C2)CCN1C1CCC(n2cc3cc(NC(=O)c4ccc5cc(C#N)cnn45)c(C(C)(C)O)cc3n2)CC1. The lowest BCUT2D eigenvalue weighted by atomic mass is 9.88. The zero-order valence-electron chi connectivity index (χ0n) is 33.9. The summed E-state index contributed by atoms with van der Waals surface area (Å²) in [6.07, 6.45) is 7.62. The van der Waals surface area contributed by atoms with Gasteiger partial charge in [-0.15, -0.1) is 0 Å². The molecule has 3 N–H and O–H groups in total. The second-order valence-electron chi connectivity index (χ2n) is 17.4. The monoisotopic (exact) mass is 818 g/mol. The standard InChI is InChI=1S/C44H48F2N10O4/c1-25-21-52(32-23-53(24-32)31-16-35(45)41(36(46)17-31)33-9-11-40(57)50-42(33)58)12-13-54(25)28-4-6-29(7-5-28)55-22-27-15-38(34(44(2,3)60)18-37(27)51-55)49-43(59)39-10-8-30-14-26(19-47)20-48-56(30)39/h8,10,14-18,20,22,25,28-29,32-33,60H,4-7,9,11-13,21,23-24H2,1-3H3,(H,49,59)(H,50,57,58)/t25-,28?,29?,33-/m1/s1. The van der Waals surface area contributed by atoms with Crippen LogP contribution in [-0.4, -0.2) is 103 Å². The van der Waals surface area contributed by atoms with E-state index in [0.29, 0.717) is 58.9 Å². The normalized spacial score (nSPS) is 23.4. The molecule has 312 valence electrons. The van der Waals surface area contributed by atoms with Gasteiger partial charge in [-0.3, -0.25) is 34.2 Å². The zero-order valence-corrected chi connectivity index (χ0v) is 33.9. The summed E-state index contributed by atoms with van der Waals surface area (Å²) in [5.41, 5.74) is 2.04. The maximum absolute atomic E-state index is 15.2. The molecule has 0 radical (unpaired) electrons. The number of carbonyl (C=O) groups is 3. The van der Waals surface area contributed by atoms with Crippen LogP contribution in [0.25, 0.3) is 16.4 Å². The third kappa shape index (κ3) is 7.39. The number of piperazine rings is 1. The van der Waals surface area contributed by atoms with E-state index in [1.807, 2.05) is 27.9 Å². The number of nitriles is 1. The summed E-state index contributed by atoms with van der Waals surface area (Å²) >= 11 is 0. The van der Waals surface area contributed by atoms with E-state index in [9.17, 15) is 24.8 Å². The Kier molecular flexibility index (Phi) is 10.2. The van der Waals surface area contributed by atoms with E-state index in [2.05, 4.69) is 38.5 Å². The lowest BCUT2D eigenvalue weighted by molar-refractivity contribution is -0.134. The first kappa shape index (κ1) is 39.7. The van der Waals surface area contributed by atoms with Crippen molar-refractivity contribution in [2.24, 2.45) is 0 Å². The van der Waals surface area contributed by atoms with Crippen molar-refractivity contribution < 1.29 is 28.3 Å². The Hall–Kier alpha value is -5.76. The van der Waals surface area contributed by atoms with E-state index in [1.165, 1.54) is 22.8 Å². The van der Waals surface area contributed by atoms with E-state index < -0.39 is 40.9 Å². The highest BCUT2D eigenvalue weighted by atomic mass is 19.1. The van der Waals surface area contributed by atoms with E-state index in [0.717, 1.165) is 56.2 Å². The maximum Gasteiger partial charge on any atom is 0.274 e. The molecule has 3 aliphatic heterocycles. The van der Waals surface area contributed by atoms with Gasteiger partial charge in [-0.2, -0.15) is 15.5 Å². The molecule has 1 aliphatic carbocycles. The fourth-order valence-electron chi connectivity index (χ4n) is 9.79. The number of fused-ring (bicyclic) bond motifs is 2. The molecule has 4 fully saturated rings. The number of aromatic nitrogens is 4. The molecule has 5 aromatic rings. The number of hydrogen-bond acceptors (Lipinski definition) is 10. The Morgan fingerprint density at radius 3 is 2.38 bits per heavy atom. The number of hydrogen-bond donors (Lipinski definition) is 3. The van der Waals surface area contributed by atoms with Crippen molar-refractivity contribution in [1.29, 1.82) is 5.26 Å². The highest BCUT2D eigenvalue weighted by Crippen LogP contribution is 2.38. The summed E-state index contributed by atoms with van der Waals surface area (Å²) in [6, 6.07) is 14.8. The van der Waals surface area contributed by atoms with Crippen LogP contribution in [0, 0.1) is 23.0 Å². The van der Waals surface area contributed by atoms with Crippen LogP contribution in [0.2, 0.25) is 0 Å². The molecule has 14 nitrogen and oxygen atoms in total. The Labute approximate surface area is 345 Å². The minimum absolute atomic E-state index is 0.0555. The first-order valence-electron chi connectivity index (χ1n) is 20.8. The Balaban J connectivity index is 0.801. The van der Waals surface area contributed by atoms with Crippen molar-refractivity contribution in [2.45, 2.75) is 95.0 Å². The van der Waals surface area contributed by atoms with E-state index in [1.54, 1.807) is 32.0 Å². The molecule has 3 aromatic heterocycles. The van der Waals surface area contributed by atoms with Gasteiger partial charge < -0.3 is 15.3 Å². The average Bonchev–Trinajstić information content (AvgIpc) is 3.81. The summed E-state index contributed by atoms with van der Waals surface area (Å²) in [5.74, 6) is -3.99. The van der Waals surface area contributed by atoms with Crippen molar-refractivity contribution in [3.8, 4) is 6.07 Å². The molecule has 3 amide bonds. The minimum atomic E-state index is -1.26. The minimum Gasteiger partial charge on any atom is -0.386 e. The number of nitrogens with one attached hydrogen (secondary N) is 2. The maximum atomic E-state index is 15.2. The predicted octanol–water partition coefficient (Wildman–Crippen LogP) is 5.21. The van der Waals surface area contributed by atoms with Gasteiger partial charge in [-0.1, -0.05) is 0 Å². The zero-order chi connectivity index (χ0) is 42.0. The number of benzene rings is 2. The fourth-order valence-corrected chi connectivity index (χ4v) is 9.79. The number of aliphatic hydroxyl groups is 1. The van der Waals surface area contributed by atoms with Crippen molar-refractivity contribution in [2.75, 3.05) is 42.9 Å². The molecule has 2 atom stereocenters. The topological polar surface area (TPSA) is 164 Å². The summed E-state index contributed by atoms with van der Waals surface area (Å²) in [7, 11) is 0. The van der Waals surface area contributed by atoms with Crippen molar-refractivity contribution in [1.82, 2.24) is 34.5 Å². The first-order valence-corrected chi connectivity index (χ1v) is 20.8. The van der Waals surface area contributed by atoms with Crippen LogP contribution >= 0.6 is 0 Å². The third-order valence-electron chi connectivity index (χ3n) is 13.0. The van der Waals surface area contributed by atoms with Crippen molar-refractivity contribution in [3.63, 3.8) is 0 Å². The molecule has 16 heteroatoms. The van der Waals surface area contributed by atoms with Gasteiger partial charge >= 0.3 is 0 Å². The number of carbonyl (C=O) groups excluding carboxylic acids is 3. The summed E-state index contributed by atoms with van der Waals surface area (Å²) in [5, 5.41) is 35.6. The highest BCUT2D eigenvalue weighted by molar-refractivity contribution is 6.05. The van der Waals surface area contributed by atoms with Gasteiger partial charge in [0.15, 0.2) is 0 Å². The van der Waals surface area contributed by atoms with Gasteiger partial charge in [0.25, 0.3) is 5.91 Å². The number of rotatable bonds is 8. The average molecular weight is 819 g/mol. The quantitative estimate of drug-likeness (QED) is 0.177. The third-order valence-corrected chi connectivity index (χ3v) is 13.0. The smallest absolute Gasteiger partial charge is 0.274 e. The number of anilines is 2. The highest BCUT2D eigenvalue weighted by Gasteiger charge is 2.40. The Bertz CT molecular complexity index is 2540. The summed E-state index contributed by atoms with van der Waals surface area (Å²) in [6.45, 7) is 9.78. The van der Waals surface area contributed by atoms with Gasteiger partial charge in [0, 0.05) is 91.4 Å². The van der Waals surface area contributed by atoms with Gasteiger partial charge in [0.05, 0.1) is 40.4 Å². The second-order valence-corrected chi connectivity index (χ2v) is 17.4. The molecule has 6 heterocycles.